The van der Waals surface area contributed by atoms with Gasteiger partial charge in [-0.3, -0.25) is 0 Å². The Morgan fingerprint density at radius 2 is 0.511 bits per heavy atom. The predicted octanol–water partition coefficient (Wildman–Crippen LogP) is 22.7. The monoisotopic (exact) mass is 1150 g/mol. The minimum absolute atomic E-state index is 1.07. The predicted molar refractivity (Wildman–Crippen MR) is 378 cm³/mol. The van der Waals surface area contributed by atoms with E-state index in [4.69, 9.17) is 0 Å². The molecule has 426 valence electrons. The summed E-state index contributed by atoms with van der Waals surface area (Å²) in [5.41, 5.74) is 24.9. The van der Waals surface area contributed by atoms with Crippen LogP contribution >= 0.6 is 0 Å². The maximum absolute atomic E-state index is 2.44. The van der Waals surface area contributed by atoms with Crippen LogP contribution in [-0.2, 0) is 0 Å². The zero-order valence-corrected chi connectivity index (χ0v) is 49.9. The van der Waals surface area contributed by atoms with Crippen molar-refractivity contribution in [2.45, 2.75) is 13.8 Å². The van der Waals surface area contributed by atoms with Crippen LogP contribution in [0.15, 0.2) is 328 Å². The zero-order valence-electron chi connectivity index (χ0n) is 49.9. The first-order chi connectivity index (χ1) is 44.5. The van der Waals surface area contributed by atoms with Gasteiger partial charge in [0.2, 0.25) is 0 Å². The summed E-state index contributed by atoms with van der Waals surface area (Å²) in [6, 6.07) is 120. The molecule has 0 saturated heterocycles. The zero-order chi connectivity index (χ0) is 59.8. The fourth-order valence-electron chi connectivity index (χ4n) is 13.8. The normalized spacial score (nSPS) is 11.7. The number of anilines is 6. The molecule has 0 bridgehead atoms. The van der Waals surface area contributed by atoms with Gasteiger partial charge in [-0.25, -0.2) is 0 Å². The number of nitrogens with zero attached hydrogens (tertiary/aromatic N) is 6. The van der Waals surface area contributed by atoms with E-state index in [2.05, 4.69) is 369 Å². The molecule has 0 atom stereocenters. The Bertz CT molecular complexity index is 5160. The number of hydrogen-bond acceptors (Lipinski definition) is 2. The second-order valence-corrected chi connectivity index (χ2v) is 23.6. The minimum atomic E-state index is 1.07. The number of aryl methyl sites for hydroxylation is 2. The molecule has 13 aromatic carbocycles. The highest BCUT2D eigenvalue weighted by atomic mass is 15.2. The van der Waals surface area contributed by atoms with Crippen molar-refractivity contribution in [3.8, 4) is 45.3 Å². The lowest BCUT2D eigenvalue weighted by Gasteiger charge is -2.26. The van der Waals surface area contributed by atoms with Crippen LogP contribution in [0, 0.1) is 13.8 Å². The molecule has 90 heavy (non-hydrogen) atoms. The fourth-order valence-corrected chi connectivity index (χ4v) is 13.8. The molecular formula is C84H60N6. The van der Waals surface area contributed by atoms with E-state index >= 15 is 0 Å². The van der Waals surface area contributed by atoms with Gasteiger partial charge >= 0.3 is 0 Å². The van der Waals surface area contributed by atoms with Gasteiger partial charge in [-0.15, -0.1) is 0 Å². The summed E-state index contributed by atoms with van der Waals surface area (Å²) < 4.78 is 9.64. The van der Waals surface area contributed by atoms with Gasteiger partial charge < -0.3 is 28.1 Å². The molecule has 17 rings (SSSR count). The summed E-state index contributed by atoms with van der Waals surface area (Å²) in [4.78, 5) is 4.78. The Balaban J connectivity index is 0.787. The van der Waals surface area contributed by atoms with Crippen molar-refractivity contribution in [1.82, 2.24) is 18.3 Å². The molecule has 4 aromatic heterocycles. The Morgan fingerprint density at radius 3 is 0.889 bits per heavy atom. The molecular weight excluding hydrogens is 1090 g/mol. The van der Waals surface area contributed by atoms with Crippen LogP contribution in [0.25, 0.3) is 111 Å². The van der Waals surface area contributed by atoms with Crippen LogP contribution in [0.3, 0.4) is 0 Å². The first kappa shape index (κ1) is 52.5. The highest BCUT2D eigenvalue weighted by Crippen LogP contribution is 2.45. The molecule has 0 spiro atoms. The van der Waals surface area contributed by atoms with Gasteiger partial charge in [0.05, 0.1) is 44.5 Å². The van der Waals surface area contributed by atoms with Crippen molar-refractivity contribution >= 4 is 99.5 Å². The fraction of sp³-hybridized carbons (Fsp3) is 0.0238. The lowest BCUT2D eigenvalue weighted by atomic mass is 10.1. The molecule has 0 fully saturated rings. The van der Waals surface area contributed by atoms with E-state index in [1.807, 2.05) is 0 Å². The van der Waals surface area contributed by atoms with Crippen LogP contribution in [0.2, 0.25) is 0 Å². The van der Waals surface area contributed by atoms with E-state index in [1.165, 1.54) is 54.7 Å². The number of aromatic nitrogens is 4. The van der Waals surface area contributed by atoms with Crippen molar-refractivity contribution in [3.63, 3.8) is 0 Å². The largest absolute Gasteiger partial charge is 0.310 e. The molecule has 0 aliphatic carbocycles. The molecule has 0 aliphatic heterocycles. The Labute approximate surface area is 522 Å². The maximum atomic E-state index is 2.44. The molecule has 0 radical (unpaired) electrons. The van der Waals surface area contributed by atoms with Crippen LogP contribution in [0.1, 0.15) is 11.1 Å². The summed E-state index contributed by atoms with van der Waals surface area (Å²) in [5, 5.41) is 7.16. The van der Waals surface area contributed by atoms with Crippen LogP contribution in [-0.4, -0.2) is 18.3 Å². The van der Waals surface area contributed by atoms with Gasteiger partial charge in [-0.2, -0.15) is 0 Å². The first-order valence-electron chi connectivity index (χ1n) is 30.9. The van der Waals surface area contributed by atoms with E-state index in [0.717, 1.165) is 101 Å². The van der Waals surface area contributed by atoms with Gasteiger partial charge in [0, 0.05) is 89.2 Å². The number of rotatable bonds is 12. The third kappa shape index (κ3) is 8.87. The highest BCUT2D eigenvalue weighted by Gasteiger charge is 2.23. The topological polar surface area (TPSA) is 26.2 Å². The third-order valence-corrected chi connectivity index (χ3v) is 18.0. The summed E-state index contributed by atoms with van der Waals surface area (Å²) >= 11 is 0. The first-order valence-corrected chi connectivity index (χ1v) is 30.9. The van der Waals surface area contributed by atoms with Crippen molar-refractivity contribution in [1.29, 1.82) is 0 Å². The number of fused-ring (bicyclic) bond motifs is 8. The molecule has 4 heterocycles. The molecule has 0 unspecified atom stereocenters. The Kier molecular flexibility index (Phi) is 12.5. The van der Waals surface area contributed by atoms with E-state index in [0.29, 0.717) is 0 Å². The van der Waals surface area contributed by atoms with Gasteiger partial charge in [0.25, 0.3) is 0 Å². The maximum Gasteiger partial charge on any atom is 0.0542 e. The summed E-state index contributed by atoms with van der Waals surface area (Å²) in [5.74, 6) is 0. The van der Waals surface area contributed by atoms with Gasteiger partial charge in [-0.05, 0) is 195 Å². The average Bonchev–Trinajstić information content (AvgIpc) is 1.64. The second kappa shape index (κ2) is 21.5. The van der Waals surface area contributed by atoms with Crippen LogP contribution in [0.5, 0.6) is 0 Å². The number of benzene rings is 13. The van der Waals surface area contributed by atoms with Crippen molar-refractivity contribution in [2.24, 2.45) is 0 Å². The molecule has 17 aromatic rings. The van der Waals surface area contributed by atoms with Gasteiger partial charge in [0.1, 0.15) is 0 Å². The van der Waals surface area contributed by atoms with Crippen LogP contribution < -0.4 is 9.80 Å². The van der Waals surface area contributed by atoms with Crippen molar-refractivity contribution < 1.29 is 0 Å². The van der Waals surface area contributed by atoms with Gasteiger partial charge in [0.15, 0.2) is 0 Å². The van der Waals surface area contributed by atoms with E-state index in [1.54, 1.807) is 0 Å². The number of para-hydroxylation sites is 4. The van der Waals surface area contributed by atoms with Crippen molar-refractivity contribution in [2.75, 3.05) is 9.80 Å². The summed E-state index contributed by atoms with van der Waals surface area (Å²) in [6.07, 6.45) is 0. The highest BCUT2D eigenvalue weighted by molar-refractivity contribution is 6.12. The minimum Gasteiger partial charge on any atom is -0.310 e. The molecule has 6 heteroatoms. The molecule has 0 aliphatic rings. The van der Waals surface area contributed by atoms with Crippen LogP contribution in [0.4, 0.5) is 34.1 Å². The third-order valence-electron chi connectivity index (χ3n) is 18.0. The Hall–Kier alpha value is -11.9. The second-order valence-electron chi connectivity index (χ2n) is 23.6. The lowest BCUT2D eigenvalue weighted by molar-refractivity contribution is 1.13. The summed E-state index contributed by atoms with van der Waals surface area (Å²) in [6.45, 7) is 4.30. The number of hydrogen-bond donors (Lipinski definition) is 0. The average molecular weight is 1150 g/mol. The van der Waals surface area contributed by atoms with Gasteiger partial charge in [-0.1, -0.05) is 169 Å². The summed E-state index contributed by atoms with van der Waals surface area (Å²) in [7, 11) is 0. The van der Waals surface area contributed by atoms with E-state index in [9.17, 15) is 0 Å². The molecule has 6 nitrogen and oxygen atoms in total. The van der Waals surface area contributed by atoms with Crippen molar-refractivity contribution in [3.05, 3.63) is 339 Å². The Morgan fingerprint density at radius 1 is 0.211 bits per heavy atom. The molecule has 0 saturated carbocycles. The molecule has 0 amide bonds. The quantitative estimate of drug-likeness (QED) is 0.122. The lowest BCUT2D eigenvalue weighted by Crippen LogP contribution is -2.10. The van der Waals surface area contributed by atoms with E-state index < -0.39 is 0 Å². The standard InChI is InChI=1S/C84H60N6/c1-57-31-35-65(36-32-57)85(71-47-49-79-75(55-71)73-27-15-17-29-77(73)87(79)63-23-11-5-12-24-63)67-39-43-69(44-40-67)89-81(59-19-7-3-8-20-59)51-61-54-84-62(53-83(61)89)52-82(60-21-9-4-10-22-60)90(84)70-45-41-68(42-46-70)86(66-37-33-58(2)34-38-66)72-48-50-80-76(56-72)74-28-16-18-30-78(74)88(80)64-25-13-6-14-26-64/h3-56H,1-2H3. The SMILES string of the molecule is Cc1ccc(N(c2ccc(-n3c(-c4ccccc4)cc4cc5c(cc(-c6ccccc6)n5-c5ccc(N(c6ccc(C)cc6)c6ccc7c(c6)c6ccccc6n7-c6ccccc6)cc5)cc43)cc2)c2ccc3c(c2)c2ccccc2n3-c2ccccc2)cc1. The smallest absolute Gasteiger partial charge is 0.0542 e. The molecule has 0 N–H and O–H groups in total. The van der Waals surface area contributed by atoms with E-state index in [-0.39, 0.29) is 0 Å².